The van der Waals surface area contributed by atoms with E-state index < -0.39 is 0 Å². The molecule has 4 heterocycles. The number of fused-ring (bicyclic) bond motifs is 1. The zero-order valence-electron chi connectivity index (χ0n) is 15.6. The predicted octanol–water partition coefficient (Wildman–Crippen LogP) is 2.09. The SMILES string of the molecule is CC(C)Nc1nc(N2CCCC2)nc2c1CCN(C1CCOC1)CC2. The molecule has 0 aromatic carbocycles. The number of nitrogens with zero attached hydrogens (tertiary/aromatic N) is 4. The Labute approximate surface area is 151 Å². The van der Waals surface area contributed by atoms with Crippen LogP contribution in [0.15, 0.2) is 0 Å². The van der Waals surface area contributed by atoms with Crippen LogP contribution in [0.2, 0.25) is 0 Å². The molecule has 138 valence electrons. The highest BCUT2D eigenvalue weighted by Crippen LogP contribution is 2.27. The topological polar surface area (TPSA) is 53.5 Å². The van der Waals surface area contributed by atoms with Gasteiger partial charge in [0.1, 0.15) is 5.82 Å². The van der Waals surface area contributed by atoms with Gasteiger partial charge in [0.25, 0.3) is 0 Å². The fourth-order valence-corrected chi connectivity index (χ4v) is 4.23. The average molecular weight is 345 g/mol. The van der Waals surface area contributed by atoms with Crippen LogP contribution < -0.4 is 10.2 Å². The summed E-state index contributed by atoms with van der Waals surface area (Å²) in [5.41, 5.74) is 2.58. The third-order valence-electron chi connectivity index (χ3n) is 5.60. The summed E-state index contributed by atoms with van der Waals surface area (Å²) in [5.74, 6) is 1.99. The fourth-order valence-electron chi connectivity index (χ4n) is 4.23. The minimum absolute atomic E-state index is 0.382. The molecular weight excluding hydrogens is 314 g/mol. The summed E-state index contributed by atoms with van der Waals surface area (Å²) in [4.78, 5) is 14.9. The average Bonchev–Trinajstić information content (AvgIpc) is 3.26. The minimum Gasteiger partial charge on any atom is -0.380 e. The van der Waals surface area contributed by atoms with Crippen LogP contribution in [0, 0.1) is 0 Å². The van der Waals surface area contributed by atoms with Crippen molar-refractivity contribution in [3.05, 3.63) is 11.3 Å². The lowest BCUT2D eigenvalue weighted by molar-refractivity contribution is 0.147. The minimum atomic E-state index is 0.382. The Hall–Kier alpha value is -1.40. The first kappa shape index (κ1) is 17.0. The van der Waals surface area contributed by atoms with E-state index in [4.69, 9.17) is 14.7 Å². The molecule has 1 unspecified atom stereocenters. The molecule has 2 fully saturated rings. The summed E-state index contributed by atoms with van der Waals surface area (Å²) in [6, 6.07) is 0.967. The van der Waals surface area contributed by atoms with E-state index in [1.54, 1.807) is 0 Å². The molecule has 6 nitrogen and oxygen atoms in total. The Morgan fingerprint density at radius 1 is 1.08 bits per heavy atom. The van der Waals surface area contributed by atoms with E-state index in [1.165, 1.54) is 24.1 Å². The molecule has 0 aliphatic carbocycles. The number of rotatable bonds is 4. The van der Waals surface area contributed by atoms with Gasteiger partial charge in [-0.25, -0.2) is 4.98 Å². The van der Waals surface area contributed by atoms with Gasteiger partial charge in [0.15, 0.2) is 0 Å². The van der Waals surface area contributed by atoms with E-state index in [1.807, 2.05) is 0 Å². The van der Waals surface area contributed by atoms with Gasteiger partial charge >= 0.3 is 0 Å². The lowest BCUT2D eigenvalue weighted by Gasteiger charge is -2.25. The maximum atomic E-state index is 5.60. The zero-order valence-corrected chi connectivity index (χ0v) is 15.6. The smallest absolute Gasteiger partial charge is 0.227 e. The number of nitrogens with one attached hydrogen (secondary N) is 1. The molecule has 4 rings (SSSR count). The van der Waals surface area contributed by atoms with Crippen LogP contribution in [-0.4, -0.2) is 66.3 Å². The summed E-state index contributed by atoms with van der Waals surface area (Å²) in [5, 5.41) is 3.59. The molecular formula is C19H31N5O. The molecule has 0 spiro atoms. The van der Waals surface area contributed by atoms with Crippen molar-refractivity contribution in [1.82, 2.24) is 14.9 Å². The van der Waals surface area contributed by atoms with E-state index in [-0.39, 0.29) is 0 Å². The first-order chi connectivity index (χ1) is 12.2. The van der Waals surface area contributed by atoms with E-state index in [0.717, 1.165) is 70.4 Å². The summed E-state index contributed by atoms with van der Waals surface area (Å²) >= 11 is 0. The Kier molecular flexibility index (Phi) is 5.08. The van der Waals surface area contributed by atoms with Crippen molar-refractivity contribution in [1.29, 1.82) is 0 Å². The largest absolute Gasteiger partial charge is 0.380 e. The van der Waals surface area contributed by atoms with E-state index >= 15 is 0 Å². The van der Waals surface area contributed by atoms with Crippen molar-refractivity contribution in [2.24, 2.45) is 0 Å². The molecule has 1 N–H and O–H groups in total. The van der Waals surface area contributed by atoms with Crippen LogP contribution in [-0.2, 0) is 17.6 Å². The Morgan fingerprint density at radius 3 is 2.60 bits per heavy atom. The van der Waals surface area contributed by atoms with Crippen LogP contribution in [0.4, 0.5) is 11.8 Å². The Morgan fingerprint density at radius 2 is 1.88 bits per heavy atom. The highest BCUT2D eigenvalue weighted by atomic mass is 16.5. The van der Waals surface area contributed by atoms with Gasteiger partial charge in [0.05, 0.1) is 12.3 Å². The van der Waals surface area contributed by atoms with Crippen molar-refractivity contribution in [3.63, 3.8) is 0 Å². The fraction of sp³-hybridized carbons (Fsp3) is 0.789. The van der Waals surface area contributed by atoms with E-state index in [9.17, 15) is 0 Å². The number of hydrogen-bond donors (Lipinski definition) is 1. The molecule has 0 saturated carbocycles. The van der Waals surface area contributed by atoms with Gasteiger partial charge in [-0.2, -0.15) is 4.98 Å². The summed E-state index contributed by atoms with van der Waals surface area (Å²) in [6.07, 6.45) is 5.72. The standard InChI is InChI=1S/C19H31N5O/c1-14(2)20-18-16-5-10-23(15-7-12-25-13-15)11-6-17(16)21-19(22-18)24-8-3-4-9-24/h14-15H,3-13H2,1-2H3,(H,20,21,22). The van der Waals surface area contributed by atoms with Crippen LogP contribution >= 0.6 is 0 Å². The van der Waals surface area contributed by atoms with Crippen molar-refractivity contribution in [2.75, 3.05) is 49.6 Å². The molecule has 1 atom stereocenters. The summed E-state index contributed by atoms with van der Waals surface area (Å²) in [7, 11) is 0. The first-order valence-electron chi connectivity index (χ1n) is 9.94. The van der Waals surface area contributed by atoms with Gasteiger partial charge in [0.2, 0.25) is 5.95 Å². The van der Waals surface area contributed by atoms with Crippen molar-refractivity contribution < 1.29 is 4.74 Å². The number of anilines is 2. The van der Waals surface area contributed by atoms with Crippen molar-refractivity contribution in [3.8, 4) is 0 Å². The van der Waals surface area contributed by atoms with Crippen LogP contribution in [0.25, 0.3) is 0 Å². The first-order valence-corrected chi connectivity index (χ1v) is 9.94. The Bertz CT molecular complexity index is 594. The molecule has 2 saturated heterocycles. The van der Waals surface area contributed by atoms with E-state index in [2.05, 4.69) is 29.0 Å². The highest BCUT2D eigenvalue weighted by molar-refractivity contribution is 5.53. The second-order valence-electron chi connectivity index (χ2n) is 7.84. The molecule has 0 radical (unpaired) electrons. The monoisotopic (exact) mass is 345 g/mol. The maximum absolute atomic E-state index is 5.60. The van der Waals surface area contributed by atoms with Gasteiger partial charge in [-0.15, -0.1) is 0 Å². The second kappa shape index (κ2) is 7.46. The van der Waals surface area contributed by atoms with Crippen LogP contribution in [0.1, 0.15) is 44.4 Å². The molecule has 1 aromatic heterocycles. The molecule has 0 bridgehead atoms. The van der Waals surface area contributed by atoms with Gasteiger partial charge in [-0.3, -0.25) is 4.90 Å². The number of hydrogen-bond acceptors (Lipinski definition) is 6. The molecule has 3 aliphatic rings. The molecule has 6 heteroatoms. The van der Waals surface area contributed by atoms with Gasteiger partial charge in [-0.1, -0.05) is 0 Å². The molecule has 1 aromatic rings. The molecule has 0 amide bonds. The maximum Gasteiger partial charge on any atom is 0.227 e. The third kappa shape index (κ3) is 3.75. The van der Waals surface area contributed by atoms with Crippen molar-refractivity contribution >= 4 is 11.8 Å². The lowest BCUT2D eigenvalue weighted by Crippen LogP contribution is -2.37. The summed E-state index contributed by atoms with van der Waals surface area (Å²) in [6.45, 7) is 10.5. The Balaban J connectivity index is 1.60. The highest BCUT2D eigenvalue weighted by Gasteiger charge is 2.28. The second-order valence-corrected chi connectivity index (χ2v) is 7.84. The zero-order chi connectivity index (χ0) is 17.2. The van der Waals surface area contributed by atoms with E-state index in [0.29, 0.717) is 12.1 Å². The molecule has 3 aliphatic heterocycles. The van der Waals surface area contributed by atoms with Gasteiger partial charge in [0, 0.05) is 56.9 Å². The van der Waals surface area contributed by atoms with Gasteiger partial charge in [-0.05, 0) is 39.5 Å². The molecule has 25 heavy (non-hydrogen) atoms. The number of aromatic nitrogens is 2. The third-order valence-corrected chi connectivity index (χ3v) is 5.60. The summed E-state index contributed by atoms with van der Waals surface area (Å²) < 4.78 is 5.60. The van der Waals surface area contributed by atoms with Gasteiger partial charge < -0.3 is 15.0 Å². The predicted molar refractivity (Wildman–Crippen MR) is 100 cm³/mol. The number of ether oxygens (including phenoxy) is 1. The normalized spacial score (nSPS) is 24.6. The van der Waals surface area contributed by atoms with Crippen molar-refractivity contribution in [2.45, 2.75) is 58.0 Å². The van der Waals surface area contributed by atoms with Crippen LogP contribution in [0.5, 0.6) is 0 Å². The van der Waals surface area contributed by atoms with Crippen LogP contribution in [0.3, 0.4) is 0 Å². The quantitative estimate of drug-likeness (QED) is 0.902. The lowest BCUT2D eigenvalue weighted by atomic mass is 10.1.